The Morgan fingerprint density at radius 3 is 2.57 bits per heavy atom. The third-order valence-corrected chi connectivity index (χ3v) is 4.07. The van der Waals surface area contributed by atoms with Gasteiger partial charge in [0.05, 0.1) is 5.60 Å². The van der Waals surface area contributed by atoms with Crippen LogP contribution in [0.25, 0.3) is 0 Å². The predicted molar refractivity (Wildman–Crippen MR) is 61.6 cm³/mol. The molecule has 0 amide bonds. The smallest absolute Gasteiger partial charge is 0.0986 e. The van der Waals surface area contributed by atoms with Crippen LogP contribution in [0, 0.1) is 6.92 Å². The van der Waals surface area contributed by atoms with Crippen molar-refractivity contribution in [2.24, 2.45) is 0 Å². The molecule has 1 saturated heterocycles. The van der Waals surface area contributed by atoms with Crippen LogP contribution in [0.2, 0.25) is 0 Å². The lowest BCUT2D eigenvalue weighted by atomic mass is 9.90. The van der Waals surface area contributed by atoms with Gasteiger partial charge in [-0.25, -0.2) is 0 Å². The molecule has 0 spiro atoms. The Bertz CT molecular complexity index is 299. The highest BCUT2D eigenvalue weighted by atomic mass is 32.2. The summed E-state index contributed by atoms with van der Waals surface area (Å²) in [6.07, 6.45) is 2.03. The molecule has 0 bridgehead atoms. The van der Waals surface area contributed by atoms with Gasteiger partial charge in [0.25, 0.3) is 0 Å². The summed E-state index contributed by atoms with van der Waals surface area (Å²) in [5, 5.41) is 10.4. The molecule has 76 valence electrons. The molecule has 0 unspecified atom stereocenters. The van der Waals surface area contributed by atoms with E-state index >= 15 is 0 Å². The summed E-state index contributed by atoms with van der Waals surface area (Å²) in [6, 6.07) is 8.27. The van der Waals surface area contributed by atoms with Crippen molar-refractivity contribution in [3.63, 3.8) is 0 Å². The lowest BCUT2D eigenvalue weighted by molar-refractivity contribution is 0.0495. The number of hydrogen-bond donors (Lipinski definition) is 1. The fourth-order valence-corrected chi connectivity index (χ4v) is 3.01. The lowest BCUT2D eigenvalue weighted by Crippen LogP contribution is -2.31. The second-order valence-corrected chi connectivity index (χ2v) is 5.16. The molecule has 1 N–H and O–H groups in total. The molecule has 1 fully saturated rings. The summed E-state index contributed by atoms with van der Waals surface area (Å²) < 4.78 is 0. The van der Waals surface area contributed by atoms with Crippen molar-refractivity contribution in [3.05, 3.63) is 35.4 Å². The molecule has 0 aromatic heterocycles. The monoisotopic (exact) mass is 208 g/mol. The third-order valence-electron chi connectivity index (χ3n) is 2.81. The maximum absolute atomic E-state index is 10.4. The van der Waals surface area contributed by atoms with E-state index in [1.165, 1.54) is 11.3 Å². The van der Waals surface area contributed by atoms with E-state index < -0.39 is 5.60 Å². The molecule has 2 heteroatoms. The van der Waals surface area contributed by atoms with E-state index in [1.54, 1.807) is 0 Å². The number of rotatable bonds is 1. The van der Waals surface area contributed by atoms with E-state index in [-0.39, 0.29) is 0 Å². The van der Waals surface area contributed by atoms with E-state index in [9.17, 15) is 5.11 Å². The lowest BCUT2D eigenvalue weighted by Gasteiger charge is -2.32. The zero-order valence-corrected chi connectivity index (χ0v) is 9.31. The summed E-state index contributed by atoms with van der Waals surface area (Å²) in [6.45, 7) is 2.07. The van der Waals surface area contributed by atoms with Crippen LogP contribution in [0.4, 0.5) is 0 Å². The fourth-order valence-electron chi connectivity index (χ4n) is 1.87. The Hall–Kier alpha value is -0.470. The maximum Gasteiger partial charge on any atom is 0.0986 e. The van der Waals surface area contributed by atoms with Crippen LogP contribution in [0.15, 0.2) is 24.3 Å². The predicted octanol–water partition coefficient (Wildman–Crippen LogP) is 2.71. The van der Waals surface area contributed by atoms with Crippen molar-refractivity contribution < 1.29 is 5.11 Å². The molecule has 1 aliphatic heterocycles. The molecular formula is C12H16OS. The van der Waals surface area contributed by atoms with Gasteiger partial charge in [0, 0.05) is 5.75 Å². The van der Waals surface area contributed by atoms with Crippen molar-refractivity contribution in [3.8, 4) is 0 Å². The van der Waals surface area contributed by atoms with Gasteiger partial charge in [-0.1, -0.05) is 29.8 Å². The van der Waals surface area contributed by atoms with Crippen LogP contribution >= 0.6 is 11.8 Å². The molecule has 14 heavy (non-hydrogen) atoms. The van der Waals surface area contributed by atoms with Crippen molar-refractivity contribution in [1.29, 1.82) is 0 Å². The van der Waals surface area contributed by atoms with Crippen molar-refractivity contribution >= 4 is 11.8 Å². The van der Waals surface area contributed by atoms with E-state index in [0.29, 0.717) is 0 Å². The first-order valence-corrected chi connectivity index (χ1v) is 6.23. The minimum atomic E-state index is -0.573. The number of thioether (sulfide) groups is 1. The Labute approximate surface area is 89.5 Å². The molecule has 1 aromatic carbocycles. The summed E-state index contributed by atoms with van der Waals surface area (Å²) in [5.41, 5.74) is 1.76. The SMILES string of the molecule is Cc1ccc([C@@]2(O)CCCSC2)cc1. The van der Waals surface area contributed by atoms with Crippen molar-refractivity contribution in [1.82, 2.24) is 0 Å². The maximum atomic E-state index is 10.4. The van der Waals surface area contributed by atoms with Crippen LogP contribution in [0.3, 0.4) is 0 Å². The highest BCUT2D eigenvalue weighted by molar-refractivity contribution is 7.99. The highest BCUT2D eigenvalue weighted by Crippen LogP contribution is 2.35. The molecular weight excluding hydrogens is 192 g/mol. The minimum absolute atomic E-state index is 0.573. The summed E-state index contributed by atoms with van der Waals surface area (Å²) >= 11 is 1.85. The van der Waals surface area contributed by atoms with Gasteiger partial charge in [-0.2, -0.15) is 11.8 Å². The second-order valence-electron chi connectivity index (χ2n) is 4.05. The van der Waals surface area contributed by atoms with Gasteiger partial charge >= 0.3 is 0 Å². The average molecular weight is 208 g/mol. The van der Waals surface area contributed by atoms with Crippen LogP contribution in [0.1, 0.15) is 24.0 Å². The molecule has 1 heterocycles. The van der Waals surface area contributed by atoms with Gasteiger partial charge in [-0.05, 0) is 31.1 Å². The molecule has 1 nitrogen and oxygen atoms in total. The molecule has 1 atom stereocenters. The summed E-state index contributed by atoms with van der Waals surface area (Å²) in [7, 11) is 0. The number of benzene rings is 1. The normalized spacial score (nSPS) is 27.6. The van der Waals surface area contributed by atoms with Gasteiger partial charge in [0.2, 0.25) is 0 Å². The Kier molecular flexibility index (Phi) is 2.84. The number of aliphatic hydroxyl groups is 1. The Morgan fingerprint density at radius 2 is 2.00 bits per heavy atom. The Balaban J connectivity index is 2.23. The molecule has 2 rings (SSSR count). The second kappa shape index (κ2) is 3.95. The molecule has 1 aliphatic rings. The zero-order valence-electron chi connectivity index (χ0n) is 8.49. The van der Waals surface area contributed by atoms with Crippen molar-refractivity contribution in [2.75, 3.05) is 11.5 Å². The van der Waals surface area contributed by atoms with Crippen LogP contribution in [-0.4, -0.2) is 16.6 Å². The molecule has 1 aromatic rings. The molecule has 0 saturated carbocycles. The largest absolute Gasteiger partial charge is 0.384 e. The standard InChI is InChI=1S/C12H16OS/c1-10-3-5-11(6-4-10)12(13)7-2-8-14-9-12/h3-6,13H,2,7-9H2,1H3/t12-/m1/s1. The van der Waals surface area contributed by atoms with Gasteiger partial charge in [-0.3, -0.25) is 0 Å². The highest BCUT2D eigenvalue weighted by Gasteiger charge is 2.31. The van der Waals surface area contributed by atoms with E-state index in [2.05, 4.69) is 31.2 Å². The summed E-state index contributed by atoms with van der Waals surface area (Å²) in [4.78, 5) is 0. The van der Waals surface area contributed by atoms with E-state index in [4.69, 9.17) is 0 Å². The quantitative estimate of drug-likeness (QED) is 0.765. The Morgan fingerprint density at radius 1 is 1.29 bits per heavy atom. The van der Waals surface area contributed by atoms with Crippen LogP contribution < -0.4 is 0 Å². The third kappa shape index (κ3) is 1.96. The first-order chi connectivity index (χ1) is 6.71. The summed E-state index contributed by atoms with van der Waals surface area (Å²) in [5.74, 6) is 2.03. The first-order valence-electron chi connectivity index (χ1n) is 5.08. The number of aryl methyl sites for hydroxylation is 1. The number of hydrogen-bond acceptors (Lipinski definition) is 2. The van der Waals surface area contributed by atoms with E-state index in [1.807, 2.05) is 11.8 Å². The average Bonchev–Trinajstić information content (AvgIpc) is 2.19. The van der Waals surface area contributed by atoms with Gasteiger partial charge in [-0.15, -0.1) is 0 Å². The van der Waals surface area contributed by atoms with Gasteiger partial charge in [0.1, 0.15) is 0 Å². The fraction of sp³-hybridized carbons (Fsp3) is 0.500. The van der Waals surface area contributed by atoms with Gasteiger partial charge in [0.15, 0.2) is 0 Å². The topological polar surface area (TPSA) is 20.2 Å². The van der Waals surface area contributed by atoms with Crippen LogP contribution in [0.5, 0.6) is 0 Å². The molecule has 0 radical (unpaired) electrons. The molecule has 0 aliphatic carbocycles. The minimum Gasteiger partial charge on any atom is -0.384 e. The van der Waals surface area contributed by atoms with Crippen LogP contribution in [-0.2, 0) is 5.60 Å². The van der Waals surface area contributed by atoms with Crippen molar-refractivity contribution in [2.45, 2.75) is 25.4 Å². The zero-order chi connectivity index (χ0) is 10.0. The van der Waals surface area contributed by atoms with Gasteiger partial charge < -0.3 is 5.11 Å². The first kappa shape index (κ1) is 10.1. The van der Waals surface area contributed by atoms with E-state index in [0.717, 1.165) is 24.2 Å².